The van der Waals surface area contributed by atoms with E-state index in [1.54, 1.807) is 0 Å². The minimum Gasteiger partial charge on any atom is -0.456 e. The number of anilines is 3. The third-order valence-corrected chi connectivity index (χ3v) is 8.88. The Balaban J connectivity index is 1.27. The van der Waals surface area contributed by atoms with Crippen LogP contribution in [0.3, 0.4) is 0 Å². The first-order valence-corrected chi connectivity index (χ1v) is 15.3. The molecule has 0 radical (unpaired) electrons. The standard InChI is InChI=1S/C41H24N2O3/c1-2-9-26(10-3-1)41-42-33-21-17-25-11-8-14-34(39(25)40(33)46-41)43(27-19-22-37-32(23-27)30-13-5-7-16-36(30)44-37)28-18-20-31-29-12-4-6-15-35(29)45-38(31)24-28/h1-24H. The van der Waals surface area contributed by atoms with Crippen molar-refractivity contribution in [3.05, 3.63) is 146 Å². The van der Waals surface area contributed by atoms with Crippen LogP contribution in [0.15, 0.2) is 159 Å². The molecular weight excluding hydrogens is 568 g/mol. The number of benzene rings is 7. The van der Waals surface area contributed by atoms with Gasteiger partial charge in [-0.3, -0.25) is 0 Å². The Morgan fingerprint density at radius 3 is 1.98 bits per heavy atom. The van der Waals surface area contributed by atoms with Crippen LogP contribution >= 0.6 is 0 Å². The Morgan fingerprint density at radius 2 is 1.13 bits per heavy atom. The van der Waals surface area contributed by atoms with Crippen molar-refractivity contribution in [1.29, 1.82) is 0 Å². The lowest BCUT2D eigenvalue weighted by atomic mass is 10.0. The first-order valence-electron chi connectivity index (χ1n) is 15.3. The first-order chi connectivity index (χ1) is 22.8. The van der Waals surface area contributed by atoms with Gasteiger partial charge in [0.2, 0.25) is 5.89 Å². The van der Waals surface area contributed by atoms with E-state index in [1.165, 1.54) is 0 Å². The predicted molar refractivity (Wildman–Crippen MR) is 186 cm³/mol. The SMILES string of the molecule is c1ccc(-c2nc3ccc4cccc(N(c5ccc6c(c5)oc5ccccc56)c5ccc6oc7ccccc7c6c5)c4c3o2)cc1. The van der Waals surface area contributed by atoms with Crippen molar-refractivity contribution in [1.82, 2.24) is 4.98 Å². The van der Waals surface area contributed by atoms with Crippen molar-refractivity contribution in [3.63, 3.8) is 0 Å². The molecule has 5 nitrogen and oxygen atoms in total. The lowest BCUT2D eigenvalue weighted by Crippen LogP contribution is -2.10. The number of furan rings is 2. The summed E-state index contributed by atoms with van der Waals surface area (Å²) in [6.07, 6.45) is 0. The molecule has 5 heteroatoms. The van der Waals surface area contributed by atoms with E-state index in [1.807, 2.05) is 72.8 Å². The van der Waals surface area contributed by atoms with Gasteiger partial charge in [0.25, 0.3) is 0 Å². The zero-order valence-electron chi connectivity index (χ0n) is 24.5. The van der Waals surface area contributed by atoms with Crippen LogP contribution in [0, 0.1) is 0 Å². The van der Waals surface area contributed by atoms with Crippen molar-refractivity contribution in [2.75, 3.05) is 4.90 Å². The highest BCUT2D eigenvalue weighted by Crippen LogP contribution is 2.45. The van der Waals surface area contributed by atoms with Crippen LogP contribution < -0.4 is 4.90 Å². The van der Waals surface area contributed by atoms with Crippen LogP contribution in [0.4, 0.5) is 17.1 Å². The molecule has 0 fully saturated rings. The maximum atomic E-state index is 6.58. The van der Waals surface area contributed by atoms with Crippen LogP contribution in [-0.2, 0) is 0 Å². The molecule has 0 spiro atoms. The van der Waals surface area contributed by atoms with Crippen molar-refractivity contribution in [3.8, 4) is 11.5 Å². The van der Waals surface area contributed by atoms with Gasteiger partial charge in [-0.2, -0.15) is 0 Å². The fraction of sp³-hybridized carbons (Fsp3) is 0. The molecule has 0 aliphatic heterocycles. The van der Waals surface area contributed by atoms with Gasteiger partial charge >= 0.3 is 0 Å². The van der Waals surface area contributed by atoms with E-state index in [-0.39, 0.29) is 0 Å². The van der Waals surface area contributed by atoms with Gasteiger partial charge < -0.3 is 18.2 Å². The van der Waals surface area contributed by atoms with Gasteiger partial charge in [0.1, 0.15) is 27.8 Å². The molecule has 0 aliphatic carbocycles. The number of oxazole rings is 1. The molecule has 0 saturated carbocycles. The molecule has 7 aromatic carbocycles. The summed E-state index contributed by atoms with van der Waals surface area (Å²) in [5.41, 5.74) is 8.83. The van der Waals surface area contributed by atoms with Gasteiger partial charge in [-0.25, -0.2) is 4.98 Å². The number of para-hydroxylation sites is 2. The van der Waals surface area contributed by atoms with Gasteiger partial charge in [0, 0.05) is 44.5 Å². The van der Waals surface area contributed by atoms with Crippen molar-refractivity contribution in [2.24, 2.45) is 0 Å². The Morgan fingerprint density at radius 1 is 0.457 bits per heavy atom. The molecule has 46 heavy (non-hydrogen) atoms. The Labute approximate surface area is 262 Å². The van der Waals surface area contributed by atoms with E-state index < -0.39 is 0 Å². The predicted octanol–water partition coefficient (Wildman–Crippen LogP) is 11.9. The second-order valence-electron chi connectivity index (χ2n) is 11.6. The van der Waals surface area contributed by atoms with Gasteiger partial charge in [-0.15, -0.1) is 0 Å². The van der Waals surface area contributed by atoms with E-state index in [2.05, 4.69) is 77.7 Å². The van der Waals surface area contributed by atoms with Crippen LogP contribution in [0.1, 0.15) is 0 Å². The topological polar surface area (TPSA) is 55.6 Å². The normalized spacial score (nSPS) is 11.9. The summed E-state index contributed by atoms with van der Waals surface area (Å²) < 4.78 is 19.2. The molecule has 0 saturated heterocycles. The van der Waals surface area contributed by atoms with E-state index in [0.717, 1.165) is 88.4 Å². The smallest absolute Gasteiger partial charge is 0.227 e. The maximum absolute atomic E-state index is 6.58. The molecular formula is C41H24N2O3. The molecule has 3 heterocycles. The maximum Gasteiger partial charge on any atom is 0.227 e. The van der Waals surface area contributed by atoms with Crippen LogP contribution in [-0.4, -0.2) is 4.98 Å². The average molecular weight is 593 g/mol. The molecule has 0 amide bonds. The Bertz CT molecular complexity index is 2770. The number of hydrogen-bond acceptors (Lipinski definition) is 5. The molecule has 0 bridgehead atoms. The zero-order valence-corrected chi connectivity index (χ0v) is 24.5. The van der Waals surface area contributed by atoms with Gasteiger partial charge in [-0.05, 0) is 72.1 Å². The Kier molecular flexibility index (Phi) is 5.22. The second kappa shape index (κ2) is 9.58. The highest BCUT2D eigenvalue weighted by atomic mass is 16.3. The third-order valence-electron chi connectivity index (χ3n) is 8.88. The first kappa shape index (κ1) is 25.0. The van der Waals surface area contributed by atoms with Crippen molar-refractivity contribution >= 4 is 82.8 Å². The average Bonchev–Trinajstić information content (AvgIpc) is 3.82. The fourth-order valence-electron chi connectivity index (χ4n) is 6.76. The van der Waals surface area contributed by atoms with Gasteiger partial charge in [0.05, 0.1) is 11.1 Å². The minimum atomic E-state index is 0.597. The quantitative estimate of drug-likeness (QED) is 0.203. The molecule has 0 aliphatic rings. The highest BCUT2D eigenvalue weighted by molar-refractivity contribution is 6.14. The third kappa shape index (κ3) is 3.72. The van der Waals surface area contributed by atoms with E-state index >= 15 is 0 Å². The molecule has 3 aromatic heterocycles. The molecule has 216 valence electrons. The summed E-state index contributed by atoms with van der Waals surface area (Å²) >= 11 is 0. The highest BCUT2D eigenvalue weighted by Gasteiger charge is 2.22. The lowest BCUT2D eigenvalue weighted by molar-refractivity contribution is 0.623. The zero-order chi connectivity index (χ0) is 30.2. The van der Waals surface area contributed by atoms with Crippen molar-refractivity contribution in [2.45, 2.75) is 0 Å². The lowest BCUT2D eigenvalue weighted by Gasteiger charge is -2.27. The largest absolute Gasteiger partial charge is 0.456 e. The van der Waals surface area contributed by atoms with E-state index in [9.17, 15) is 0 Å². The minimum absolute atomic E-state index is 0.597. The summed E-state index contributed by atoms with van der Waals surface area (Å²) in [5, 5.41) is 6.36. The van der Waals surface area contributed by atoms with Crippen LogP contribution in [0.5, 0.6) is 0 Å². The fourth-order valence-corrected chi connectivity index (χ4v) is 6.76. The monoisotopic (exact) mass is 592 g/mol. The molecule has 0 atom stereocenters. The number of aromatic nitrogens is 1. The van der Waals surface area contributed by atoms with E-state index in [4.69, 9.17) is 18.2 Å². The van der Waals surface area contributed by atoms with Crippen LogP contribution in [0.2, 0.25) is 0 Å². The number of hydrogen-bond donors (Lipinski definition) is 0. The molecule has 0 N–H and O–H groups in total. The number of rotatable bonds is 4. The number of fused-ring (bicyclic) bond motifs is 9. The summed E-state index contributed by atoms with van der Waals surface area (Å²) in [7, 11) is 0. The summed E-state index contributed by atoms with van der Waals surface area (Å²) in [6.45, 7) is 0. The van der Waals surface area contributed by atoms with E-state index in [0.29, 0.717) is 5.89 Å². The number of nitrogens with zero attached hydrogens (tertiary/aromatic N) is 2. The van der Waals surface area contributed by atoms with Crippen LogP contribution in [0.25, 0.3) is 77.2 Å². The summed E-state index contributed by atoms with van der Waals surface area (Å²) in [6, 6.07) is 49.7. The Hall–Kier alpha value is -6.33. The summed E-state index contributed by atoms with van der Waals surface area (Å²) in [5.74, 6) is 0.597. The van der Waals surface area contributed by atoms with Crippen molar-refractivity contribution < 1.29 is 13.3 Å². The summed E-state index contributed by atoms with van der Waals surface area (Å²) in [4.78, 5) is 7.18. The molecule has 0 unspecified atom stereocenters. The van der Waals surface area contributed by atoms with Gasteiger partial charge in [0.15, 0.2) is 5.58 Å². The van der Waals surface area contributed by atoms with Gasteiger partial charge in [-0.1, -0.05) is 72.8 Å². The second-order valence-corrected chi connectivity index (χ2v) is 11.6. The molecule has 10 aromatic rings. The molecule has 10 rings (SSSR count).